The average molecular weight is 1510 g/mol. The van der Waals surface area contributed by atoms with E-state index in [1.807, 2.05) is 111 Å². The van der Waals surface area contributed by atoms with E-state index in [1.165, 1.54) is 5.57 Å². The summed E-state index contributed by atoms with van der Waals surface area (Å²) >= 11 is 0. The Bertz CT molecular complexity index is 3580. The monoisotopic (exact) mass is 1510 g/mol. The first-order valence-corrected chi connectivity index (χ1v) is 43.3. The van der Waals surface area contributed by atoms with Crippen LogP contribution in [0.25, 0.3) is 16.7 Å². The Kier molecular flexibility index (Phi) is 29.1. The number of nitrogens with zero attached hydrogens (tertiary/aromatic N) is 6. The van der Waals surface area contributed by atoms with Gasteiger partial charge in [-0.25, -0.2) is 14.4 Å². The number of hydrogen-bond acceptors (Lipinski definition) is 20. The van der Waals surface area contributed by atoms with Crippen molar-refractivity contribution in [3.05, 3.63) is 106 Å². The maximum Gasteiger partial charge on any atom is 0.410 e. The Hall–Kier alpha value is -6.82. The third-order valence-electron chi connectivity index (χ3n) is 21.6. The van der Waals surface area contributed by atoms with Crippen LogP contribution in [0.3, 0.4) is 0 Å². The lowest BCUT2D eigenvalue weighted by Crippen LogP contribution is -2.61. The summed E-state index contributed by atoms with van der Waals surface area (Å²) in [5.74, 6) is 1.61. The fraction of sp³-hybridized carbons (Fsp3) is 0.642. The van der Waals surface area contributed by atoms with Crippen LogP contribution in [0.1, 0.15) is 166 Å². The fourth-order valence-electron chi connectivity index (χ4n) is 13.2. The normalized spacial score (nSPS) is 21.2. The largest absolute Gasteiger partial charge is 0.469 e. The second kappa shape index (κ2) is 35.7. The first kappa shape index (κ1) is 86.4. The molecule has 0 spiro atoms. The molecule has 6 aliphatic heterocycles. The van der Waals surface area contributed by atoms with E-state index in [2.05, 4.69) is 128 Å². The third kappa shape index (κ3) is 23.1. The van der Waals surface area contributed by atoms with Crippen LogP contribution < -0.4 is 14.2 Å². The van der Waals surface area contributed by atoms with Crippen LogP contribution in [-0.2, 0) is 42.1 Å². The summed E-state index contributed by atoms with van der Waals surface area (Å²) in [4.78, 5) is 74.6. The summed E-state index contributed by atoms with van der Waals surface area (Å²) in [6.07, 6.45) is 1.92. The highest BCUT2D eigenvalue weighted by atomic mass is 28.4. The van der Waals surface area contributed by atoms with Crippen molar-refractivity contribution in [2.24, 2.45) is 0 Å². The molecule has 6 heterocycles. The predicted molar refractivity (Wildman–Crippen MR) is 418 cm³/mol. The van der Waals surface area contributed by atoms with Gasteiger partial charge in [0, 0.05) is 70.2 Å². The SMILES string of the molecule is CCC(=O)OCC1=C(c2ccc(OCO)cc2)CC2CN(C(=O)OC(C)(C)C)CC1N2C.CCC(=O)OCC1=C(c2ccc(OCO[Si](C)(C)C(C)(C)C)cc2)CC2CN(C(=O)OC(C)(C)C)CC1N2C.CN1C2CC(c3ccc(OCO[Si](C)(C)C(C)(C)C)cc3)=C(CO)C1CN(C(=O)OC(C)(C)C)C2. The molecule has 23 nitrogen and oxygen atoms in total. The molecule has 3 fully saturated rings. The Morgan fingerprint density at radius 3 is 0.943 bits per heavy atom. The van der Waals surface area contributed by atoms with E-state index in [1.54, 1.807) is 28.5 Å². The van der Waals surface area contributed by atoms with E-state index < -0.39 is 33.4 Å². The summed E-state index contributed by atoms with van der Waals surface area (Å²) in [5.41, 5.74) is 7.96. The molecular formula is C81H126N6O17Si2. The van der Waals surface area contributed by atoms with Crippen LogP contribution in [0.4, 0.5) is 14.4 Å². The highest BCUT2D eigenvalue weighted by Gasteiger charge is 2.47. The van der Waals surface area contributed by atoms with Crippen LogP contribution in [0.2, 0.25) is 36.3 Å². The van der Waals surface area contributed by atoms with E-state index in [-0.39, 0.29) is 117 Å². The molecule has 6 bridgehead atoms. The predicted octanol–water partition coefficient (Wildman–Crippen LogP) is 14.2. The minimum atomic E-state index is -1.89. The highest BCUT2D eigenvalue weighted by Crippen LogP contribution is 2.43. The molecule has 3 amide bonds. The zero-order valence-electron chi connectivity index (χ0n) is 68.1. The van der Waals surface area contributed by atoms with Gasteiger partial charge < -0.3 is 71.7 Å². The molecule has 3 aromatic rings. The number of benzene rings is 3. The number of carbonyl (C=O) groups is 5. The van der Waals surface area contributed by atoms with Gasteiger partial charge in [0.05, 0.1) is 24.7 Å². The van der Waals surface area contributed by atoms with Gasteiger partial charge in [-0.05, 0) is 226 Å². The van der Waals surface area contributed by atoms with Gasteiger partial charge in [-0.2, -0.15) is 0 Å². The molecule has 0 aliphatic carbocycles. The summed E-state index contributed by atoms with van der Waals surface area (Å²) in [5, 5.41) is 19.6. The molecule has 106 heavy (non-hydrogen) atoms. The summed E-state index contributed by atoms with van der Waals surface area (Å²) in [6, 6.07) is 23.9. The molecule has 3 saturated heterocycles. The smallest absolute Gasteiger partial charge is 0.410 e. The van der Waals surface area contributed by atoms with Crippen LogP contribution in [0.15, 0.2) is 89.5 Å². The van der Waals surface area contributed by atoms with Crippen LogP contribution >= 0.6 is 0 Å². The van der Waals surface area contributed by atoms with Gasteiger partial charge in [-0.3, -0.25) is 24.3 Å². The number of rotatable bonds is 20. The van der Waals surface area contributed by atoms with Crippen molar-refractivity contribution >= 4 is 63.6 Å². The number of fused-ring (bicyclic) bond motifs is 6. The molecule has 9 rings (SSSR count). The molecule has 6 aliphatic rings. The Morgan fingerprint density at radius 1 is 0.415 bits per heavy atom. The van der Waals surface area contributed by atoms with Gasteiger partial charge >= 0.3 is 30.2 Å². The molecule has 6 atom stereocenters. The number of aliphatic hydroxyl groups is 2. The highest BCUT2D eigenvalue weighted by molar-refractivity contribution is 6.74. The zero-order valence-corrected chi connectivity index (χ0v) is 70.1. The van der Waals surface area contributed by atoms with E-state index in [4.69, 9.17) is 51.9 Å². The molecule has 2 N–H and O–H groups in total. The van der Waals surface area contributed by atoms with Crippen molar-refractivity contribution in [2.45, 2.75) is 239 Å². The molecule has 0 radical (unpaired) electrons. The molecule has 590 valence electrons. The standard InChI is InChI=1S/C30H48N2O6Si.C27H44N2O5Si.C24H34N2O6/c1-11-27(33)35-19-25-24(16-22-17-32(18-26(25)31(22)8)28(34)38-29(2,3)4)21-12-14-23(15-13-21)36-20-37-39(9,10)30(5,6)7;1-26(2,3)34-25(31)29-15-20-14-22(23(17-30)24(16-29)28(20)7)19-10-12-21(13-11-19)32-18-33-35(8,9)27(4,5)6;1-6-22(28)30-14-20-19(16-7-9-18(10-8-16)31-15-27)11-17-12-26(13-21(20)25(17)5)23(29)32-24(2,3)4/h12-15,22,26H,11,16-20H2,1-10H3;10-13,20,24,30H,14-18H2,1-9H3;7-10,17,21,27H,6,11-15H2,1-5H3. The van der Waals surface area contributed by atoms with Gasteiger partial charge in [-0.1, -0.05) is 91.8 Å². The molecule has 6 unspecified atom stereocenters. The molecule has 0 aromatic heterocycles. The molecule has 3 aromatic carbocycles. The Labute approximate surface area is 634 Å². The number of piperazine rings is 3. The number of amides is 3. The summed E-state index contributed by atoms with van der Waals surface area (Å²) in [6.45, 7) is 46.2. The number of carbonyl (C=O) groups excluding carboxylic acids is 5. The van der Waals surface area contributed by atoms with Crippen molar-refractivity contribution in [1.29, 1.82) is 0 Å². The minimum absolute atomic E-state index is 0.0380. The topological polar surface area (TPSA) is 238 Å². The van der Waals surface area contributed by atoms with E-state index >= 15 is 0 Å². The van der Waals surface area contributed by atoms with Gasteiger partial charge in [0.1, 0.15) is 47.3 Å². The van der Waals surface area contributed by atoms with Gasteiger partial charge in [0.25, 0.3) is 0 Å². The van der Waals surface area contributed by atoms with Crippen molar-refractivity contribution in [3.63, 3.8) is 0 Å². The Balaban J connectivity index is 0.000000223. The van der Waals surface area contributed by atoms with E-state index in [0.717, 1.165) is 68.9 Å². The molecule has 0 saturated carbocycles. The van der Waals surface area contributed by atoms with E-state index in [9.17, 15) is 29.1 Å². The maximum atomic E-state index is 12.9. The average Bonchev–Trinajstić information content (AvgIpc) is 0.771. The lowest BCUT2D eigenvalue weighted by atomic mass is 9.82. The molecular weight excluding hydrogens is 1390 g/mol. The molecule has 25 heteroatoms. The van der Waals surface area contributed by atoms with Crippen LogP contribution in [-0.4, -0.2) is 240 Å². The number of ether oxygens (including phenoxy) is 8. The number of hydrogen-bond donors (Lipinski definition) is 2. The quantitative estimate of drug-likeness (QED) is 0.0463. The lowest BCUT2D eigenvalue weighted by molar-refractivity contribution is -0.143. The number of aliphatic hydroxyl groups excluding tert-OH is 2. The van der Waals surface area contributed by atoms with Crippen molar-refractivity contribution in [2.75, 3.05) is 101 Å². The minimum Gasteiger partial charge on any atom is -0.469 e. The van der Waals surface area contributed by atoms with Crippen LogP contribution in [0.5, 0.6) is 17.2 Å². The van der Waals surface area contributed by atoms with Gasteiger partial charge in [-0.15, -0.1) is 0 Å². The lowest BCUT2D eigenvalue weighted by Gasteiger charge is -2.49. The first-order chi connectivity index (χ1) is 49.3. The Morgan fingerprint density at radius 2 is 0.689 bits per heavy atom. The van der Waals surface area contributed by atoms with Gasteiger partial charge in [0.2, 0.25) is 0 Å². The third-order valence-corrected chi connectivity index (χ3v) is 30.5. The second-order valence-electron chi connectivity index (χ2n) is 34.7. The fourth-order valence-corrected chi connectivity index (χ4v) is 14.8. The van der Waals surface area contributed by atoms with Crippen molar-refractivity contribution in [1.82, 2.24) is 29.4 Å². The second-order valence-corrected chi connectivity index (χ2v) is 44.3. The first-order valence-electron chi connectivity index (χ1n) is 37.5. The summed E-state index contributed by atoms with van der Waals surface area (Å²) in [7, 11) is 2.46. The number of esters is 2. The number of likely N-dealkylation sites (N-methyl/N-ethyl adjacent to an activating group) is 3. The van der Waals surface area contributed by atoms with Crippen LogP contribution in [0, 0.1) is 0 Å². The van der Waals surface area contributed by atoms with Gasteiger partial charge in [0.15, 0.2) is 37.0 Å². The van der Waals surface area contributed by atoms with Crippen molar-refractivity contribution < 1.29 is 80.9 Å². The zero-order chi connectivity index (χ0) is 78.8. The van der Waals surface area contributed by atoms with Crippen molar-refractivity contribution in [3.8, 4) is 17.2 Å². The maximum absolute atomic E-state index is 12.9. The summed E-state index contributed by atoms with van der Waals surface area (Å²) < 4.78 is 57.3. The van der Waals surface area contributed by atoms with E-state index in [0.29, 0.717) is 64.3 Å².